The summed E-state index contributed by atoms with van der Waals surface area (Å²) in [6.07, 6.45) is 1.07. The lowest BCUT2D eigenvalue weighted by molar-refractivity contribution is -0.121. The summed E-state index contributed by atoms with van der Waals surface area (Å²) in [6.45, 7) is 0.569. The van der Waals surface area contributed by atoms with Crippen LogP contribution >= 0.6 is 0 Å². The van der Waals surface area contributed by atoms with Gasteiger partial charge in [0.2, 0.25) is 0 Å². The van der Waals surface area contributed by atoms with Crippen LogP contribution in [0.5, 0.6) is 0 Å². The normalized spacial score (nSPS) is 53.1. The second kappa shape index (κ2) is 3.74. The molecule has 0 aromatic carbocycles. The predicted octanol–water partition coefficient (Wildman–Crippen LogP) is -2.48. The molecule has 1 heterocycles. The lowest BCUT2D eigenvalue weighted by Crippen LogP contribution is -2.53. The quantitative estimate of drug-likeness (QED) is 0.301. The molecule has 0 aromatic heterocycles. The third-order valence-electron chi connectivity index (χ3n) is 3.29. The standard InChI is InChI=1S/C10H15NO4/c1-2-3-4-11-5-6(11)8(13)10(15)9(14)7(5)12/h1,5-10,12-15H,3-4H2/t5-,6+,7?,8?,9?,10?,11?. The summed E-state index contributed by atoms with van der Waals surface area (Å²) < 4.78 is 0. The maximum Gasteiger partial charge on any atom is 0.110 e. The Balaban J connectivity index is 2.03. The molecule has 4 N–H and O–H groups in total. The number of aliphatic hydroxyl groups excluding tert-OH is 4. The number of terminal acetylenes is 1. The van der Waals surface area contributed by atoms with E-state index in [4.69, 9.17) is 6.42 Å². The molecule has 1 aliphatic heterocycles. The SMILES string of the molecule is C#CCCN1[C@@H]2C(O)C(O)C(O)C(O)[C@@H]21. The van der Waals surface area contributed by atoms with Crippen LogP contribution in [-0.4, -0.2) is 68.4 Å². The summed E-state index contributed by atoms with van der Waals surface area (Å²) in [5, 5.41) is 38.1. The average Bonchev–Trinajstić information content (AvgIpc) is 2.95. The Bertz CT molecular complexity index is 270. The minimum atomic E-state index is -1.28. The Morgan fingerprint density at radius 2 is 1.40 bits per heavy atom. The molecule has 0 radical (unpaired) electrons. The van der Waals surface area contributed by atoms with E-state index in [-0.39, 0.29) is 12.1 Å². The van der Waals surface area contributed by atoms with Crippen molar-refractivity contribution in [2.24, 2.45) is 0 Å². The summed E-state index contributed by atoms with van der Waals surface area (Å²) >= 11 is 0. The van der Waals surface area contributed by atoms with E-state index in [0.29, 0.717) is 13.0 Å². The molecule has 1 aliphatic carbocycles. The molecule has 7 atom stereocenters. The number of hydrogen-bond acceptors (Lipinski definition) is 5. The molecular formula is C10H15NO4. The van der Waals surface area contributed by atoms with Crippen LogP contribution in [0, 0.1) is 12.3 Å². The number of hydrogen-bond donors (Lipinski definition) is 4. The average molecular weight is 213 g/mol. The fourth-order valence-corrected chi connectivity index (χ4v) is 2.41. The van der Waals surface area contributed by atoms with Crippen LogP contribution in [0.25, 0.3) is 0 Å². The number of rotatable bonds is 2. The number of fused-ring (bicyclic) bond motifs is 1. The number of aliphatic hydroxyl groups is 4. The van der Waals surface area contributed by atoms with Crippen LogP contribution in [0.1, 0.15) is 6.42 Å². The van der Waals surface area contributed by atoms with Gasteiger partial charge in [-0.3, -0.25) is 4.90 Å². The maximum atomic E-state index is 9.63. The van der Waals surface area contributed by atoms with Crippen molar-refractivity contribution in [1.29, 1.82) is 0 Å². The number of likely N-dealkylation sites (tertiary alicyclic amines) is 1. The number of nitrogens with zero attached hydrogens (tertiary/aromatic N) is 1. The van der Waals surface area contributed by atoms with Gasteiger partial charge in [-0.15, -0.1) is 12.3 Å². The largest absolute Gasteiger partial charge is 0.389 e. The van der Waals surface area contributed by atoms with E-state index in [1.165, 1.54) is 0 Å². The Kier molecular flexibility index (Phi) is 2.71. The Morgan fingerprint density at radius 1 is 0.933 bits per heavy atom. The van der Waals surface area contributed by atoms with E-state index in [2.05, 4.69) is 5.92 Å². The van der Waals surface area contributed by atoms with Gasteiger partial charge in [0.25, 0.3) is 0 Å². The smallest absolute Gasteiger partial charge is 0.110 e. The van der Waals surface area contributed by atoms with E-state index in [9.17, 15) is 20.4 Å². The molecule has 1 saturated heterocycles. The molecule has 0 bridgehead atoms. The minimum absolute atomic E-state index is 0.272. The molecule has 0 aromatic rings. The lowest BCUT2D eigenvalue weighted by Gasteiger charge is -2.30. The molecule has 15 heavy (non-hydrogen) atoms. The van der Waals surface area contributed by atoms with E-state index in [1.807, 2.05) is 4.90 Å². The summed E-state index contributed by atoms with van der Waals surface area (Å²) in [6, 6.07) is -0.543. The van der Waals surface area contributed by atoms with Gasteiger partial charge >= 0.3 is 0 Å². The molecule has 0 amide bonds. The van der Waals surface area contributed by atoms with Crippen LogP contribution in [-0.2, 0) is 0 Å². The monoisotopic (exact) mass is 213 g/mol. The van der Waals surface area contributed by atoms with Crippen molar-refractivity contribution in [3.05, 3.63) is 0 Å². The Morgan fingerprint density at radius 3 is 1.80 bits per heavy atom. The minimum Gasteiger partial charge on any atom is -0.389 e. The van der Waals surface area contributed by atoms with Crippen LogP contribution in [0.2, 0.25) is 0 Å². The second-order valence-corrected chi connectivity index (χ2v) is 4.14. The van der Waals surface area contributed by atoms with Gasteiger partial charge in [0.1, 0.15) is 12.2 Å². The van der Waals surface area contributed by atoms with Crippen molar-refractivity contribution in [2.45, 2.75) is 42.9 Å². The highest BCUT2D eigenvalue weighted by Gasteiger charge is 2.63. The van der Waals surface area contributed by atoms with Gasteiger partial charge in [0.05, 0.1) is 24.3 Å². The van der Waals surface area contributed by atoms with Crippen molar-refractivity contribution < 1.29 is 20.4 Å². The van der Waals surface area contributed by atoms with Crippen LogP contribution in [0.15, 0.2) is 0 Å². The molecule has 2 aliphatic rings. The Hall–Kier alpha value is -0.640. The van der Waals surface area contributed by atoms with Gasteiger partial charge in [-0.2, -0.15) is 0 Å². The van der Waals surface area contributed by atoms with E-state index in [0.717, 1.165) is 0 Å². The lowest BCUT2D eigenvalue weighted by atomic mass is 9.90. The molecule has 0 spiro atoms. The van der Waals surface area contributed by atoms with Gasteiger partial charge in [0.15, 0.2) is 0 Å². The highest BCUT2D eigenvalue weighted by molar-refractivity contribution is 5.18. The summed E-state index contributed by atoms with van der Waals surface area (Å²) in [5.41, 5.74) is 0. The van der Waals surface area contributed by atoms with Gasteiger partial charge in [-0.25, -0.2) is 0 Å². The fraction of sp³-hybridized carbons (Fsp3) is 0.800. The van der Waals surface area contributed by atoms with Gasteiger partial charge in [0, 0.05) is 13.0 Å². The molecule has 5 nitrogen and oxygen atoms in total. The van der Waals surface area contributed by atoms with E-state index >= 15 is 0 Å². The van der Waals surface area contributed by atoms with Crippen LogP contribution in [0.4, 0.5) is 0 Å². The van der Waals surface area contributed by atoms with Crippen molar-refractivity contribution in [2.75, 3.05) is 6.54 Å². The Labute approximate surface area is 87.9 Å². The van der Waals surface area contributed by atoms with Gasteiger partial charge in [-0.1, -0.05) is 0 Å². The van der Waals surface area contributed by atoms with Crippen molar-refractivity contribution in [3.8, 4) is 12.3 Å². The highest BCUT2D eigenvalue weighted by atomic mass is 16.4. The molecular weight excluding hydrogens is 198 g/mol. The first-order valence-electron chi connectivity index (χ1n) is 5.01. The molecule has 5 heteroatoms. The first kappa shape index (κ1) is 10.9. The van der Waals surface area contributed by atoms with Gasteiger partial charge < -0.3 is 20.4 Å². The zero-order valence-corrected chi connectivity index (χ0v) is 8.19. The summed E-state index contributed by atoms with van der Waals surface area (Å²) in [7, 11) is 0. The zero-order chi connectivity index (χ0) is 11.2. The first-order chi connectivity index (χ1) is 7.09. The maximum absolute atomic E-state index is 9.63. The van der Waals surface area contributed by atoms with E-state index in [1.54, 1.807) is 0 Å². The zero-order valence-electron chi connectivity index (χ0n) is 8.19. The predicted molar refractivity (Wildman–Crippen MR) is 51.8 cm³/mol. The highest BCUT2D eigenvalue weighted by Crippen LogP contribution is 2.40. The molecule has 2 fully saturated rings. The third-order valence-corrected chi connectivity index (χ3v) is 3.29. The van der Waals surface area contributed by atoms with Crippen LogP contribution < -0.4 is 0 Å². The van der Waals surface area contributed by atoms with Gasteiger partial charge in [-0.05, 0) is 0 Å². The topological polar surface area (TPSA) is 83.9 Å². The van der Waals surface area contributed by atoms with Crippen molar-refractivity contribution >= 4 is 0 Å². The third kappa shape index (κ3) is 1.55. The summed E-state index contributed by atoms with van der Waals surface area (Å²) in [4.78, 5) is 1.81. The molecule has 2 rings (SSSR count). The first-order valence-corrected chi connectivity index (χ1v) is 5.01. The second-order valence-electron chi connectivity index (χ2n) is 4.14. The van der Waals surface area contributed by atoms with Crippen molar-refractivity contribution in [1.82, 2.24) is 4.90 Å². The molecule has 5 unspecified atom stereocenters. The fourth-order valence-electron chi connectivity index (χ4n) is 2.41. The summed E-state index contributed by atoms with van der Waals surface area (Å²) in [5.74, 6) is 2.47. The van der Waals surface area contributed by atoms with E-state index < -0.39 is 24.4 Å². The van der Waals surface area contributed by atoms with Crippen molar-refractivity contribution in [3.63, 3.8) is 0 Å². The molecule has 1 saturated carbocycles. The molecule has 84 valence electrons. The van der Waals surface area contributed by atoms with Crippen LogP contribution in [0.3, 0.4) is 0 Å².